The van der Waals surface area contributed by atoms with E-state index in [1.165, 1.54) is 0 Å². The summed E-state index contributed by atoms with van der Waals surface area (Å²) >= 11 is 0. The monoisotopic (exact) mass is 277 g/mol. The number of likely N-dealkylation sites (N-methyl/N-ethyl adjacent to an activating group) is 1. The van der Waals surface area contributed by atoms with Gasteiger partial charge >= 0.3 is 0 Å². The van der Waals surface area contributed by atoms with Gasteiger partial charge in [-0.3, -0.25) is 9.69 Å². The van der Waals surface area contributed by atoms with Crippen LogP contribution in [0.3, 0.4) is 0 Å². The van der Waals surface area contributed by atoms with Crippen molar-refractivity contribution >= 4 is 17.3 Å². The zero-order valence-corrected chi connectivity index (χ0v) is 13.4. The molecule has 4 heteroatoms. The molecular formula is C16H27N3O. The summed E-state index contributed by atoms with van der Waals surface area (Å²) < 4.78 is 0. The molecule has 20 heavy (non-hydrogen) atoms. The molecule has 112 valence electrons. The first-order valence-electron chi connectivity index (χ1n) is 6.97. The fourth-order valence-corrected chi connectivity index (χ4v) is 2.01. The lowest BCUT2D eigenvalue weighted by Crippen LogP contribution is -2.43. The first kappa shape index (κ1) is 16.5. The number of hydrogen-bond acceptors (Lipinski definition) is 3. The summed E-state index contributed by atoms with van der Waals surface area (Å²) in [4.78, 5) is 14.1. The SMILES string of the molecule is Cc1ccc(NC(=O)CN(C)C(C)C(C)(C)C)c(N)c1. The summed E-state index contributed by atoms with van der Waals surface area (Å²) in [6.45, 7) is 11.0. The standard InChI is InChI=1S/C16H27N3O/c1-11-7-8-14(13(17)9-11)18-15(20)10-19(6)12(2)16(3,4)5/h7-9,12H,10,17H2,1-6H3,(H,18,20). The van der Waals surface area contributed by atoms with Crippen LogP contribution >= 0.6 is 0 Å². The maximum atomic E-state index is 12.1. The number of nitrogen functional groups attached to an aromatic ring is 1. The summed E-state index contributed by atoms with van der Waals surface area (Å²) in [5.41, 5.74) is 8.40. The van der Waals surface area contributed by atoms with Gasteiger partial charge in [0.05, 0.1) is 17.9 Å². The number of benzene rings is 1. The average Bonchev–Trinajstić information content (AvgIpc) is 2.30. The van der Waals surface area contributed by atoms with Crippen LogP contribution < -0.4 is 11.1 Å². The Morgan fingerprint density at radius 1 is 1.40 bits per heavy atom. The normalized spacial score (nSPS) is 13.3. The van der Waals surface area contributed by atoms with Crippen molar-refractivity contribution in [2.24, 2.45) is 5.41 Å². The molecule has 1 unspecified atom stereocenters. The van der Waals surface area contributed by atoms with Crippen molar-refractivity contribution in [2.75, 3.05) is 24.6 Å². The maximum absolute atomic E-state index is 12.1. The van der Waals surface area contributed by atoms with Crippen molar-refractivity contribution in [3.8, 4) is 0 Å². The van der Waals surface area contributed by atoms with Gasteiger partial charge in [-0.25, -0.2) is 0 Å². The summed E-state index contributed by atoms with van der Waals surface area (Å²) in [5.74, 6) is -0.0425. The minimum absolute atomic E-state index is 0.0425. The van der Waals surface area contributed by atoms with Gasteiger partial charge in [0.25, 0.3) is 0 Å². The molecule has 0 heterocycles. The molecule has 0 saturated carbocycles. The predicted octanol–water partition coefficient (Wildman–Crippen LogP) is 2.88. The van der Waals surface area contributed by atoms with Crippen LogP contribution in [0.25, 0.3) is 0 Å². The van der Waals surface area contributed by atoms with Crippen molar-refractivity contribution in [1.82, 2.24) is 4.90 Å². The van der Waals surface area contributed by atoms with Crippen LogP contribution in [0.2, 0.25) is 0 Å². The zero-order valence-electron chi connectivity index (χ0n) is 13.4. The van der Waals surface area contributed by atoms with Crippen molar-refractivity contribution in [3.63, 3.8) is 0 Å². The Balaban J connectivity index is 2.64. The highest BCUT2D eigenvalue weighted by atomic mass is 16.2. The minimum atomic E-state index is -0.0425. The quantitative estimate of drug-likeness (QED) is 0.832. The molecular weight excluding hydrogens is 250 g/mol. The van der Waals surface area contributed by atoms with Gasteiger partial charge in [-0.05, 0) is 44.0 Å². The number of aryl methyl sites for hydroxylation is 1. The molecule has 0 aliphatic heterocycles. The van der Waals surface area contributed by atoms with Gasteiger partial charge in [-0.2, -0.15) is 0 Å². The zero-order chi connectivity index (χ0) is 15.5. The predicted molar refractivity (Wildman–Crippen MR) is 85.8 cm³/mol. The second kappa shape index (κ2) is 6.27. The molecule has 0 aliphatic rings. The van der Waals surface area contributed by atoms with Crippen LogP contribution in [0.4, 0.5) is 11.4 Å². The molecule has 0 saturated heterocycles. The largest absolute Gasteiger partial charge is 0.397 e. The molecule has 1 rings (SSSR count). The molecule has 1 aromatic rings. The fourth-order valence-electron chi connectivity index (χ4n) is 2.01. The number of carbonyl (C=O) groups is 1. The van der Waals surface area contributed by atoms with Gasteiger partial charge < -0.3 is 11.1 Å². The molecule has 3 N–H and O–H groups in total. The van der Waals surface area contributed by atoms with Crippen molar-refractivity contribution < 1.29 is 4.79 Å². The highest BCUT2D eigenvalue weighted by Crippen LogP contribution is 2.23. The van der Waals surface area contributed by atoms with E-state index in [2.05, 4.69) is 37.9 Å². The van der Waals surface area contributed by atoms with E-state index in [9.17, 15) is 4.79 Å². The number of nitrogens with two attached hydrogens (primary N) is 1. The average molecular weight is 277 g/mol. The second-order valence-electron chi connectivity index (χ2n) is 6.60. The Morgan fingerprint density at radius 2 is 2.00 bits per heavy atom. The third kappa shape index (κ3) is 4.53. The molecule has 0 spiro atoms. The summed E-state index contributed by atoms with van der Waals surface area (Å²) in [6.07, 6.45) is 0. The molecule has 1 amide bonds. The molecule has 1 atom stereocenters. The molecule has 1 aromatic carbocycles. The van der Waals surface area contributed by atoms with Gasteiger partial charge in [-0.1, -0.05) is 26.8 Å². The molecule has 0 aromatic heterocycles. The number of anilines is 2. The van der Waals surface area contributed by atoms with Gasteiger partial charge in [0.15, 0.2) is 0 Å². The van der Waals surface area contributed by atoms with Crippen LogP contribution in [0.15, 0.2) is 18.2 Å². The van der Waals surface area contributed by atoms with Gasteiger partial charge in [-0.15, -0.1) is 0 Å². The van der Waals surface area contributed by atoms with Crippen LogP contribution in [-0.2, 0) is 4.79 Å². The van der Waals surface area contributed by atoms with E-state index >= 15 is 0 Å². The first-order chi connectivity index (χ1) is 9.11. The van der Waals surface area contributed by atoms with Gasteiger partial charge in [0, 0.05) is 6.04 Å². The number of rotatable bonds is 4. The van der Waals surface area contributed by atoms with Crippen molar-refractivity contribution in [3.05, 3.63) is 23.8 Å². The third-order valence-corrected chi connectivity index (χ3v) is 3.79. The van der Waals surface area contributed by atoms with E-state index in [0.717, 1.165) is 5.56 Å². The number of hydrogen-bond donors (Lipinski definition) is 2. The van der Waals surface area contributed by atoms with Crippen LogP contribution in [-0.4, -0.2) is 30.4 Å². The molecule has 0 aliphatic carbocycles. The maximum Gasteiger partial charge on any atom is 0.238 e. The lowest BCUT2D eigenvalue weighted by atomic mass is 9.87. The Labute approximate surface area is 122 Å². The Kier molecular flexibility index (Phi) is 5.17. The third-order valence-electron chi connectivity index (χ3n) is 3.79. The minimum Gasteiger partial charge on any atom is -0.397 e. The number of nitrogens with zero attached hydrogens (tertiary/aromatic N) is 1. The summed E-state index contributed by atoms with van der Waals surface area (Å²) in [6, 6.07) is 5.95. The smallest absolute Gasteiger partial charge is 0.238 e. The Bertz CT molecular complexity index is 477. The summed E-state index contributed by atoms with van der Waals surface area (Å²) in [5, 5.41) is 2.87. The van der Waals surface area contributed by atoms with Crippen LogP contribution in [0.5, 0.6) is 0 Å². The highest BCUT2D eigenvalue weighted by molar-refractivity contribution is 5.95. The van der Waals surface area contributed by atoms with E-state index < -0.39 is 0 Å². The molecule has 0 fully saturated rings. The van der Waals surface area contributed by atoms with Crippen LogP contribution in [0.1, 0.15) is 33.3 Å². The van der Waals surface area contributed by atoms with Crippen molar-refractivity contribution in [2.45, 2.75) is 40.7 Å². The van der Waals surface area contributed by atoms with Crippen LogP contribution in [0, 0.1) is 12.3 Å². The fraction of sp³-hybridized carbons (Fsp3) is 0.562. The number of carbonyl (C=O) groups excluding carboxylic acids is 1. The van der Waals surface area contributed by atoms with E-state index in [-0.39, 0.29) is 11.3 Å². The second-order valence-corrected chi connectivity index (χ2v) is 6.60. The van der Waals surface area contributed by atoms with E-state index in [1.807, 2.05) is 32.2 Å². The van der Waals surface area contributed by atoms with E-state index in [0.29, 0.717) is 24.0 Å². The lowest BCUT2D eigenvalue weighted by molar-refractivity contribution is -0.117. The van der Waals surface area contributed by atoms with Gasteiger partial charge in [0.2, 0.25) is 5.91 Å². The van der Waals surface area contributed by atoms with E-state index in [1.54, 1.807) is 0 Å². The first-order valence-corrected chi connectivity index (χ1v) is 6.97. The Hall–Kier alpha value is -1.55. The number of amides is 1. The number of nitrogens with one attached hydrogen (secondary N) is 1. The Morgan fingerprint density at radius 3 is 2.50 bits per heavy atom. The summed E-state index contributed by atoms with van der Waals surface area (Å²) in [7, 11) is 1.97. The molecule has 4 nitrogen and oxygen atoms in total. The molecule has 0 radical (unpaired) electrons. The topological polar surface area (TPSA) is 58.4 Å². The van der Waals surface area contributed by atoms with Gasteiger partial charge in [0.1, 0.15) is 0 Å². The molecule has 0 bridgehead atoms. The lowest BCUT2D eigenvalue weighted by Gasteiger charge is -2.34. The van der Waals surface area contributed by atoms with Crippen molar-refractivity contribution in [1.29, 1.82) is 0 Å². The highest BCUT2D eigenvalue weighted by Gasteiger charge is 2.25. The van der Waals surface area contributed by atoms with E-state index in [4.69, 9.17) is 5.73 Å².